The number of sulfone groups is 1. The van der Waals surface area contributed by atoms with Crippen molar-refractivity contribution in [3.63, 3.8) is 0 Å². The van der Waals surface area contributed by atoms with Crippen molar-refractivity contribution >= 4 is 48.5 Å². The molecule has 0 radical (unpaired) electrons. The summed E-state index contributed by atoms with van der Waals surface area (Å²) >= 11 is 1.21. The van der Waals surface area contributed by atoms with E-state index < -0.39 is 9.84 Å². The van der Waals surface area contributed by atoms with Crippen LogP contribution in [-0.4, -0.2) is 39.3 Å². The first-order valence-electron chi connectivity index (χ1n) is 8.70. The maximum Gasteiger partial charge on any atom is 0.250 e. The molecule has 0 aliphatic heterocycles. The van der Waals surface area contributed by atoms with E-state index in [9.17, 15) is 13.2 Å². The molecule has 152 valence electrons. The molecule has 1 heterocycles. The van der Waals surface area contributed by atoms with Gasteiger partial charge in [0.15, 0.2) is 26.5 Å². The number of nitrogens with zero attached hydrogens (tertiary/aromatic N) is 1. The number of hydrogen-bond acceptors (Lipinski definition) is 7. The summed E-state index contributed by atoms with van der Waals surface area (Å²) in [6.45, 7) is 2.42. The van der Waals surface area contributed by atoms with E-state index in [2.05, 4.69) is 10.3 Å². The van der Waals surface area contributed by atoms with E-state index in [1.54, 1.807) is 37.5 Å². The van der Waals surface area contributed by atoms with Gasteiger partial charge in [-0.05, 0) is 48.9 Å². The average molecular weight is 433 g/mol. The van der Waals surface area contributed by atoms with Crippen LogP contribution in [0.4, 0.5) is 5.13 Å². The summed E-state index contributed by atoms with van der Waals surface area (Å²) in [6, 6.07) is 10.1. The topological polar surface area (TPSA) is 94.6 Å². The van der Waals surface area contributed by atoms with Crippen LogP contribution in [-0.2, 0) is 14.6 Å². The van der Waals surface area contributed by atoms with Gasteiger partial charge in [0.25, 0.3) is 0 Å². The highest BCUT2D eigenvalue weighted by Gasteiger charge is 2.11. The normalized spacial score (nSPS) is 11.7. The Morgan fingerprint density at radius 1 is 1.21 bits per heavy atom. The number of rotatable bonds is 7. The molecule has 0 atom stereocenters. The number of aromatic nitrogens is 1. The predicted octanol–water partition coefficient (Wildman–Crippen LogP) is 3.76. The third-order valence-electron chi connectivity index (χ3n) is 3.93. The molecule has 1 amide bonds. The Morgan fingerprint density at radius 3 is 2.69 bits per heavy atom. The minimum atomic E-state index is -3.30. The number of ether oxygens (including phenoxy) is 2. The zero-order valence-electron chi connectivity index (χ0n) is 16.1. The van der Waals surface area contributed by atoms with Gasteiger partial charge in [-0.15, -0.1) is 0 Å². The number of fused-ring (bicyclic) bond motifs is 1. The van der Waals surface area contributed by atoms with E-state index in [-0.39, 0.29) is 10.8 Å². The summed E-state index contributed by atoms with van der Waals surface area (Å²) in [4.78, 5) is 16.8. The van der Waals surface area contributed by atoms with Crippen molar-refractivity contribution in [1.29, 1.82) is 0 Å². The maximum atomic E-state index is 12.2. The average Bonchev–Trinajstić information content (AvgIpc) is 3.08. The van der Waals surface area contributed by atoms with Crippen LogP contribution in [0.3, 0.4) is 0 Å². The fourth-order valence-corrected chi connectivity index (χ4v) is 4.20. The molecule has 3 aromatic rings. The molecule has 0 saturated carbocycles. The summed E-state index contributed by atoms with van der Waals surface area (Å²) in [5.74, 6) is 0.877. The number of benzene rings is 2. The molecule has 2 aromatic carbocycles. The number of amides is 1. The molecule has 7 nitrogen and oxygen atoms in total. The molecule has 1 aromatic heterocycles. The van der Waals surface area contributed by atoms with Gasteiger partial charge in [-0.3, -0.25) is 10.1 Å². The van der Waals surface area contributed by atoms with Crippen molar-refractivity contribution in [2.45, 2.75) is 11.8 Å². The summed E-state index contributed by atoms with van der Waals surface area (Å²) in [7, 11) is -1.74. The largest absolute Gasteiger partial charge is 0.493 e. The smallest absolute Gasteiger partial charge is 0.250 e. The maximum absolute atomic E-state index is 12.2. The molecule has 3 rings (SSSR count). The number of carbonyl (C=O) groups is 1. The van der Waals surface area contributed by atoms with Crippen LogP contribution in [0, 0.1) is 0 Å². The highest BCUT2D eigenvalue weighted by atomic mass is 32.2. The van der Waals surface area contributed by atoms with Crippen LogP contribution in [0.15, 0.2) is 47.4 Å². The molecule has 0 aliphatic carbocycles. The molecule has 0 spiro atoms. The Bertz CT molecular complexity index is 1180. The fourth-order valence-electron chi connectivity index (χ4n) is 2.57. The van der Waals surface area contributed by atoms with Crippen LogP contribution >= 0.6 is 11.3 Å². The van der Waals surface area contributed by atoms with Gasteiger partial charge in [0.05, 0.1) is 28.8 Å². The molecule has 9 heteroatoms. The quantitative estimate of drug-likeness (QED) is 0.571. The van der Waals surface area contributed by atoms with Crippen LogP contribution in [0.5, 0.6) is 11.5 Å². The monoisotopic (exact) mass is 432 g/mol. The number of thiazole rings is 1. The minimum Gasteiger partial charge on any atom is -0.493 e. The van der Waals surface area contributed by atoms with Gasteiger partial charge in [-0.25, -0.2) is 13.4 Å². The van der Waals surface area contributed by atoms with Gasteiger partial charge in [-0.1, -0.05) is 17.4 Å². The van der Waals surface area contributed by atoms with Crippen molar-refractivity contribution in [3.05, 3.63) is 48.0 Å². The summed E-state index contributed by atoms with van der Waals surface area (Å²) in [6.07, 6.45) is 4.20. The van der Waals surface area contributed by atoms with Crippen molar-refractivity contribution in [2.75, 3.05) is 25.3 Å². The zero-order valence-corrected chi connectivity index (χ0v) is 17.8. The highest BCUT2D eigenvalue weighted by Crippen LogP contribution is 2.29. The Hall–Kier alpha value is -2.91. The number of methoxy groups -OCH3 is 1. The Labute approximate surface area is 172 Å². The molecule has 0 fully saturated rings. The van der Waals surface area contributed by atoms with Gasteiger partial charge in [0.2, 0.25) is 5.91 Å². The van der Waals surface area contributed by atoms with Crippen molar-refractivity contribution in [2.24, 2.45) is 0 Å². The first kappa shape index (κ1) is 20.8. The molecule has 0 unspecified atom stereocenters. The lowest BCUT2D eigenvalue weighted by Gasteiger charge is -2.09. The number of hydrogen-bond donors (Lipinski definition) is 1. The Morgan fingerprint density at radius 2 is 2.00 bits per heavy atom. The molecule has 0 saturated heterocycles. The summed E-state index contributed by atoms with van der Waals surface area (Å²) in [5.41, 5.74) is 1.40. The van der Waals surface area contributed by atoms with E-state index in [0.29, 0.717) is 33.5 Å². The minimum absolute atomic E-state index is 0.218. The predicted molar refractivity (Wildman–Crippen MR) is 115 cm³/mol. The van der Waals surface area contributed by atoms with Crippen LogP contribution in [0.2, 0.25) is 0 Å². The number of carbonyl (C=O) groups excluding carboxylic acids is 1. The second-order valence-electron chi connectivity index (χ2n) is 6.09. The van der Waals surface area contributed by atoms with Crippen LogP contribution < -0.4 is 14.8 Å². The number of nitrogens with one attached hydrogen (secondary N) is 1. The van der Waals surface area contributed by atoms with Gasteiger partial charge in [0, 0.05) is 12.3 Å². The fraction of sp³-hybridized carbons (Fsp3) is 0.200. The van der Waals surface area contributed by atoms with E-state index in [4.69, 9.17) is 9.47 Å². The molecular weight excluding hydrogens is 412 g/mol. The van der Waals surface area contributed by atoms with Crippen molar-refractivity contribution < 1.29 is 22.7 Å². The number of anilines is 1. The Balaban J connectivity index is 1.73. The third kappa shape index (κ3) is 5.12. The lowest BCUT2D eigenvalue weighted by Crippen LogP contribution is -2.07. The molecule has 0 bridgehead atoms. The first-order chi connectivity index (χ1) is 13.8. The van der Waals surface area contributed by atoms with Gasteiger partial charge in [-0.2, -0.15) is 0 Å². The van der Waals surface area contributed by atoms with E-state index >= 15 is 0 Å². The van der Waals surface area contributed by atoms with Gasteiger partial charge in [0.1, 0.15) is 0 Å². The van der Waals surface area contributed by atoms with Gasteiger partial charge < -0.3 is 9.47 Å². The summed E-state index contributed by atoms with van der Waals surface area (Å²) in [5, 5.41) is 3.09. The van der Waals surface area contributed by atoms with E-state index in [1.165, 1.54) is 23.5 Å². The molecule has 0 aliphatic rings. The van der Waals surface area contributed by atoms with E-state index in [0.717, 1.165) is 11.8 Å². The zero-order chi connectivity index (χ0) is 21.0. The highest BCUT2D eigenvalue weighted by molar-refractivity contribution is 7.90. The Kier molecular flexibility index (Phi) is 6.19. The van der Waals surface area contributed by atoms with Crippen LogP contribution in [0.1, 0.15) is 12.5 Å². The molecule has 29 heavy (non-hydrogen) atoms. The first-order valence-corrected chi connectivity index (χ1v) is 11.4. The van der Waals surface area contributed by atoms with E-state index in [1.807, 2.05) is 13.0 Å². The summed E-state index contributed by atoms with van der Waals surface area (Å²) < 4.78 is 34.8. The molecule has 1 N–H and O–H groups in total. The lowest BCUT2D eigenvalue weighted by molar-refractivity contribution is -0.111. The van der Waals surface area contributed by atoms with Crippen LogP contribution in [0.25, 0.3) is 16.3 Å². The third-order valence-corrected chi connectivity index (χ3v) is 5.98. The second kappa shape index (κ2) is 8.62. The van der Waals surface area contributed by atoms with Gasteiger partial charge >= 0.3 is 0 Å². The van der Waals surface area contributed by atoms with Crippen molar-refractivity contribution in [3.8, 4) is 11.5 Å². The lowest BCUT2D eigenvalue weighted by atomic mass is 10.2. The SMILES string of the molecule is CCOc1ccc(/C=C/C(=O)Nc2nc3ccc(S(C)(=O)=O)cc3s2)cc1OC. The second-order valence-corrected chi connectivity index (χ2v) is 9.13. The molecular formula is C20H20N2O5S2. The standard InChI is InChI=1S/C20H20N2O5S2/c1-4-27-16-9-5-13(11-17(16)26-2)6-10-19(23)22-20-21-15-8-7-14(29(3,24)25)12-18(15)28-20/h5-12H,4H2,1-3H3,(H,21,22,23)/b10-6+. The van der Waals surface area contributed by atoms with Crippen molar-refractivity contribution in [1.82, 2.24) is 4.98 Å².